The Labute approximate surface area is 234 Å². The molecule has 4 atom stereocenters. The summed E-state index contributed by atoms with van der Waals surface area (Å²) in [5, 5.41) is 2.36. The quantitative estimate of drug-likeness (QED) is 0.385. The summed E-state index contributed by atoms with van der Waals surface area (Å²) in [5.41, 5.74) is -0.445. The van der Waals surface area contributed by atoms with Crippen LogP contribution in [-0.2, 0) is 28.6 Å². The van der Waals surface area contributed by atoms with E-state index in [0.717, 1.165) is 12.1 Å². The van der Waals surface area contributed by atoms with E-state index >= 15 is 0 Å². The Morgan fingerprint density at radius 2 is 1.83 bits per heavy atom. The first-order valence-electron chi connectivity index (χ1n) is 12.8. The van der Waals surface area contributed by atoms with Gasteiger partial charge < -0.3 is 24.3 Å². The molecule has 1 aromatic heterocycles. The molecule has 0 spiro atoms. The zero-order valence-electron chi connectivity index (χ0n) is 23.1. The van der Waals surface area contributed by atoms with Gasteiger partial charge in [0.2, 0.25) is 0 Å². The van der Waals surface area contributed by atoms with Crippen molar-refractivity contribution in [3.8, 4) is 5.75 Å². The molecule has 1 N–H and O–H groups in total. The second-order valence-electron chi connectivity index (χ2n) is 9.69. The van der Waals surface area contributed by atoms with Crippen molar-refractivity contribution in [3.63, 3.8) is 0 Å². The average molecular weight is 577 g/mol. The van der Waals surface area contributed by atoms with Crippen molar-refractivity contribution >= 4 is 29.8 Å². The lowest BCUT2D eigenvalue weighted by atomic mass is 9.95. The van der Waals surface area contributed by atoms with Gasteiger partial charge in [0.15, 0.2) is 35.2 Å². The number of rotatable bonds is 7. The summed E-state index contributed by atoms with van der Waals surface area (Å²) in [7, 11) is 0. The highest BCUT2D eigenvalue weighted by Crippen LogP contribution is 2.25. The van der Waals surface area contributed by atoms with E-state index in [9.17, 15) is 32.8 Å². The molecule has 3 rings (SSSR count). The number of benzene rings is 1. The predicted molar refractivity (Wildman–Crippen MR) is 137 cm³/mol. The fourth-order valence-corrected chi connectivity index (χ4v) is 3.92. The maximum Gasteiger partial charge on any atom is 0.343 e. The number of nitrogens with one attached hydrogen (secondary N) is 1. The molecule has 1 amide bonds. The summed E-state index contributed by atoms with van der Waals surface area (Å²) >= 11 is 0. The summed E-state index contributed by atoms with van der Waals surface area (Å²) < 4.78 is 48.4. The van der Waals surface area contributed by atoms with E-state index in [4.69, 9.17) is 18.9 Å². The predicted octanol–water partition coefficient (Wildman–Crippen LogP) is 3.07. The topological polar surface area (TPSA) is 147 Å². The summed E-state index contributed by atoms with van der Waals surface area (Å²) in [6.45, 7) is 7.26. The minimum atomic E-state index is -1.50. The van der Waals surface area contributed by atoms with Gasteiger partial charge in [0.1, 0.15) is 12.7 Å². The molecule has 13 heteroatoms. The van der Waals surface area contributed by atoms with Crippen molar-refractivity contribution < 1.29 is 51.7 Å². The molecule has 41 heavy (non-hydrogen) atoms. The highest BCUT2D eigenvalue weighted by atomic mass is 19.2. The maximum absolute atomic E-state index is 13.6. The summed E-state index contributed by atoms with van der Waals surface area (Å²) in [4.78, 5) is 67.9. The van der Waals surface area contributed by atoms with Gasteiger partial charge in [0.05, 0.1) is 17.4 Å². The number of carbonyl (C=O) groups is 5. The van der Waals surface area contributed by atoms with Crippen molar-refractivity contribution in [1.82, 2.24) is 10.3 Å². The number of hydrogen-bond donors (Lipinski definition) is 1. The van der Waals surface area contributed by atoms with Crippen LogP contribution in [-0.4, -0.2) is 59.6 Å². The third kappa shape index (κ3) is 7.41. The number of nitrogens with zero attached hydrogens (tertiary/aromatic N) is 1. The molecule has 0 aliphatic carbocycles. The van der Waals surface area contributed by atoms with Crippen LogP contribution in [0.1, 0.15) is 60.5 Å². The third-order valence-electron chi connectivity index (χ3n) is 6.28. The van der Waals surface area contributed by atoms with Gasteiger partial charge in [-0.05, 0) is 50.1 Å². The lowest BCUT2D eigenvalue weighted by molar-refractivity contribution is -0.176. The smallest absolute Gasteiger partial charge is 0.343 e. The van der Waals surface area contributed by atoms with Gasteiger partial charge >= 0.3 is 23.9 Å². The Hall–Kier alpha value is -4.42. The van der Waals surface area contributed by atoms with Crippen molar-refractivity contribution in [3.05, 3.63) is 58.9 Å². The second-order valence-corrected chi connectivity index (χ2v) is 9.69. The number of halogens is 2. The molecular formula is C28H30F2N2O9. The number of aromatic nitrogens is 1. The first kappa shape index (κ1) is 31.1. The largest absolute Gasteiger partial charge is 0.463 e. The lowest BCUT2D eigenvalue weighted by Crippen LogP contribution is -2.47. The minimum absolute atomic E-state index is 0.216. The molecule has 0 saturated carbocycles. The summed E-state index contributed by atoms with van der Waals surface area (Å²) in [6, 6.07) is 2.33. The van der Waals surface area contributed by atoms with Crippen molar-refractivity contribution in [1.29, 1.82) is 0 Å². The molecule has 0 radical (unpaired) electrons. The zero-order valence-corrected chi connectivity index (χ0v) is 23.1. The van der Waals surface area contributed by atoms with Crippen LogP contribution in [0.3, 0.4) is 0 Å². The Bertz CT molecular complexity index is 1350. The van der Waals surface area contributed by atoms with Crippen LogP contribution >= 0.6 is 0 Å². The van der Waals surface area contributed by atoms with Gasteiger partial charge in [0, 0.05) is 6.20 Å². The highest BCUT2D eigenvalue weighted by Gasteiger charge is 2.41. The molecule has 1 aromatic carbocycles. The number of esters is 4. The zero-order chi connectivity index (χ0) is 30.4. The number of hydrogen-bond acceptors (Lipinski definition) is 10. The lowest BCUT2D eigenvalue weighted by Gasteiger charge is -2.29. The van der Waals surface area contributed by atoms with Crippen molar-refractivity contribution in [2.45, 2.75) is 59.3 Å². The Morgan fingerprint density at radius 3 is 2.46 bits per heavy atom. The Balaban J connectivity index is 1.83. The molecule has 11 nitrogen and oxygen atoms in total. The van der Waals surface area contributed by atoms with Crippen LogP contribution in [0.5, 0.6) is 5.75 Å². The van der Waals surface area contributed by atoms with Crippen LogP contribution in [0.2, 0.25) is 0 Å². The molecule has 0 unspecified atom stereocenters. The molecule has 1 aliphatic heterocycles. The normalized spacial score (nSPS) is 21.1. The van der Waals surface area contributed by atoms with E-state index in [2.05, 4.69) is 10.3 Å². The number of amides is 1. The molecule has 0 bridgehead atoms. The van der Waals surface area contributed by atoms with Crippen LogP contribution in [0.15, 0.2) is 30.5 Å². The summed E-state index contributed by atoms with van der Waals surface area (Å²) in [5.74, 6) is -8.57. The average Bonchev–Trinajstić information content (AvgIpc) is 2.95. The number of ether oxygens (including phenoxy) is 4. The molecule has 1 fully saturated rings. The molecule has 1 aliphatic rings. The highest BCUT2D eigenvalue weighted by molar-refractivity contribution is 5.99. The SMILES string of the molecule is CC[C@H]1C(=O)OC[C@H](NC(=O)c2nccc(C)c2OC(=O)c2ccc(F)c(F)c2)C(=O)O[C@@H](C)[C@@H]1OC(=O)C(C)C. The molecule has 220 valence electrons. The fraction of sp³-hybridized carbons (Fsp3) is 0.429. The van der Waals surface area contributed by atoms with Crippen LogP contribution in [0.4, 0.5) is 8.78 Å². The number of carbonyl (C=O) groups excluding carboxylic acids is 5. The molecule has 2 heterocycles. The van der Waals surface area contributed by atoms with Crippen molar-refractivity contribution in [2.75, 3.05) is 6.61 Å². The monoisotopic (exact) mass is 576 g/mol. The fourth-order valence-electron chi connectivity index (χ4n) is 3.92. The van der Waals surface area contributed by atoms with E-state index in [0.29, 0.717) is 11.6 Å². The van der Waals surface area contributed by atoms with Gasteiger partial charge in [0.25, 0.3) is 5.91 Å². The Kier molecular flexibility index (Phi) is 10.1. The molecule has 2 aromatic rings. The van der Waals surface area contributed by atoms with Gasteiger partial charge in [-0.1, -0.05) is 20.8 Å². The van der Waals surface area contributed by atoms with E-state index in [-0.39, 0.29) is 17.7 Å². The van der Waals surface area contributed by atoms with Crippen LogP contribution in [0, 0.1) is 30.4 Å². The van der Waals surface area contributed by atoms with Crippen LogP contribution < -0.4 is 10.1 Å². The van der Waals surface area contributed by atoms with E-state index in [1.807, 2.05) is 0 Å². The number of cyclic esters (lactones) is 2. The molecule has 1 saturated heterocycles. The second kappa shape index (κ2) is 13.3. The standard InChI is InChI=1S/C28H30F2N2O9/c1-6-17-23(41-25(34)13(2)3)15(5)39-28(37)20(12-38-27(17)36)32-24(33)21-22(14(4)9-10-31-21)40-26(35)16-7-8-18(29)19(30)11-16/h7-11,13,15,17,20,23H,6,12H2,1-5H3,(H,32,33)/t15-,17+,20-,23-/m0/s1. The van der Waals surface area contributed by atoms with Gasteiger partial charge in [-0.3, -0.25) is 14.4 Å². The Morgan fingerprint density at radius 1 is 1.12 bits per heavy atom. The van der Waals surface area contributed by atoms with Gasteiger partial charge in [-0.2, -0.15) is 0 Å². The van der Waals surface area contributed by atoms with E-state index in [1.165, 1.54) is 26.1 Å². The third-order valence-corrected chi connectivity index (χ3v) is 6.28. The van der Waals surface area contributed by atoms with Crippen molar-refractivity contribution in [2.24, 2.45) is 11.8 Å². The maximum atomic E-state index is 13.6. The molecular weight excluding hydrogens is 546 g/mol. The van der Waals surface area contributed by atoms with Gasteiger partial charge in [-0.15, -0.1) is 0 Å². The number of pyridine rings is 1. The van der Waals surface area contributed by atoms with Crippen LogP contribution in [0.25, 0.3) is 0 Å². The van der Waals surface area contributed by atoms with Gasteiger partial charge in [-0.25, -0.2) is 23.4 Å². The summed E-state index contributed by atoms with van der Waals surface area (Å²) in [6.07, 6.45) is -0.720. The number of aryl methyl sites for hydroxylation is 1. The first-order chi connectivity index (χ1) is 19.3. The van der Waals surface area contributed by atoms with E-state index in [1.54, 1.807) is 20.8 Å². The van der Waals surface area contributed by atoms with E-state index < -0.39 is 83.8 Å². The minimum Gasteiger partial charge on any atom is -0.463 e. The first-order valence-corrected chi connectivity index (χ1v) is 12.8.